The van der Waals surface area contributed by atoms with Crippen LogP contribution in [0.25, 0.3) is 10.9 Å². The third kappa shape index (κ3) is 4.63. The Kier molecular flexibility index (Phi) is 5.89. The number of benzene rings is 1. The molecule has 29 heavy (non-hydrogen) atoms. The number of amides is 3. The van der Waals surface area contributed by atoms with Crippen LogP contribution in [0.1, 0.15) is 57.9 Å². The van der Waals surface area contributed by atoms with Crippen molar-refractivity contribution < 1.29 is 9.59 Å². The van der Waals surface area contributed by atoms with Crippen LogP contribution in [0.2, 0.25) is 0 Å². The highest BCUT2D eigenvalue weighted by molar-refractivity contribution is 8.00. The van der Waals surface area contributed by atoms with E-state index in [1.165, 1.54) is 18.2 Å². The van der Waals surface area contributed by atoms with Crippen LogP contribution in [0.5, 0.6) is 0 Å². The Morgan fingerprint density at radius 1 is 1.14 bits per heavy atom. The summed E-state index contributed by atoms with van der Waals surface area (Å²) in [4.78, 5) is 42.3. The molecule has 1 atom stereocenters. The van der Waals surface area contributed by atoms with Gasteiger partial charge in [0.2, 0.25) is 5.91 Å². The zero-order chi connectivity index (χ0) is 20.4. The molecule has 2 aromatic rings. The third-order valence-corrected chi connectivity index (χ3v) is 6.58. The van der Waals surface area contributed by atoms with E-state index >= 15 is 0 Å². The average Bonchev–Trinajstić information content (AvgIpc) is 3.52. The quantitative estimate of drug-likeness (QED) is 0.578. The minimum absolute atomic E-state index is 0.0518. The van der Waals surface area contributed by atoms with E-state index in [-0.39, 0.29) is 23.6 Å². The molecule has 0 aliphatic heterocycles. The van der Waals surface area contributed by atoms with Gasteiger partial charge in [0.05, 0.1) is 16.2 Å². The Hall–Kier alpha value is -2.35. The Balaban J connectivity index is 1.59. The van der Waals surface area contributed by atoms with Crippen LogP contribution < -0.4 is 16.2 Å². The van der Waals surface area contributed by atoms with Crippen LogP contribution in [-0.2, 0) is 4.79 Å². The number of carbonyl (C=O) groups is 2. The van der Waals surface area contributed by atoms with Crippen molar-refractivity contribution in [3.63, 3.8) is 0 Å². The second kappa shape index (κ2) is 8.57. The summed E-state index contributed by atoms with van der Waals surface area (Å²) in [5.41, 5.74) is 0.579. The molecular formula is C21H26N4O3S. The molecular weight excluding hydrogens is 388 g/mol. The van der Waals surface area contributed by atoms with E-state index in [0.29, 0.717) is 16.1 Å². The molecule has 1 aromatic carbocycles. The van der Waals surface area contributed by atoms with Crippen molar-refractivity contribution in [2.45, 2.75) is 74.4 Å². The lowest BCUT2D eigenvalue weighted by Gasteiger charge is -2.26. The van der Waals surface area contributed by atoms with Crippen molar-refractivity contribution >= 4 is 34.6 Å². The number of thioether (sulfide) groups is 1. The SMILES string of the molecule is CC(Sc1nc2ccccc2c(=O)n1C1CCCCC1)C(=O)NC(=O)NC1CC1. The number of hydrogen-bond donors (Lipinski definition) is 2. The molecule has 2 N–H and O–H groups in total. The monoisotopic (exact) mass is 414 g/mol. The van der Waals surface area contributed by atoms with Gasteiger partial charge in [-0.05, 0) is 44.7 Å². The molecule has 8 heteroatoms. The first-order chi connectivity index (χ1) is 14.0. The van der Waals surface area contributed by atoms with Crippen LogP contribution in [-0.4, -0.2) is 32.8 Å². The number of carbonyl (C=O) groups excluding carboxylic acids is 2. The fourth-order valence-corrected chi connectivity index (χ4v) is 4.72. The van der Waals surface area contributed by atoms with Crippen molar-refractivity contribution in [2.24, 2.45) is 0 Å². The standard InChI is InChI=1S/C21H26N4O3S/c1-13(18(26)24-20(28)22-14-11-12-14)29-21-23-17-10-6-5-9-16(17)19(27)25(21)15-7-3-2-4-8-15/h5-6,9-10,13-15H,2-4,7-8,11-12H2,1H3,(H2,22,24,26,28). The third-order valence-electron chi connectivity index (χ3n) is 5.52. The molecule has 1 aromatic heterocycles. The minimum atomic E-state index is -0.553. The molecule has 0 bridgehead atoms. The van der Waals surface area contributed by atoms with Gasteiger partial charge in [0.25, 0.3) is 5.56 Å². The van der Waals surface area contributed by atoms with Crippen molar-refractivity contribution in [3.8, 4) is 0 Å². The van der Waals surface area contributed by atoms with Crippen molar-refractivity contribution in [1.82, 2.24) is 20.2 Å². The molecule has 4 rings (SSSR count). The van der Waals surface area contributed by atoms with E-state index in [1.807, 2.05) is 18.2 Å². The maximum atomic E-state index is 13.3. The molecule has 2 saturated carbocycles. The lowest BCUT2D eigenvalue weighted by atomic mass is 9.95. The van der Waals surface area contributed by atoms with Gasteiger partial charge in [0.1, 0.15) is 0 Å². The largest absolute Gasteiger partial charge is 0.335 e. The number of urea groups is 1. The summed E-state index contributed by atoms with van der Waals surface area (Å²) < 4.78 is 1.78. The molecule has 2 aliphatic rings. The van der Waals surface area contributed by atoms with Crippen molar-refractivity contribution in [1.29, 1.82) is 0 Å². The lowest BCUT2D eigenvalue weighted by Crippen LogP contribution is -2.43. The number of aromatic nitrogens is 2. The first-order valence-corrected chi connectivity index (χ1v) is 11.2. The molecule has 0 spiro atoms. The summed E-state index contributed by atoms with van der Waals surface area (Å²) in [7, 11) is 0. The van der Waals surface area contributed by atoms with E-state index in [4.69, 9.17) is 4.98 Å². The highest BCUT2D eigenvalue weighted by Gasteiger charge is 2.27. The van der Waals surface area contributed by atoms with Crippen LogP contribution >= 0.6 is 11.8 Å². The van der Waals surface area contributed by atoms with E-state index in [0.717, 1.165) is 38.5 Å². The van der Waals surface area contributed by atoms with Crippen molar-refractivity contribution in [2.75, 3.05) is 0 Å². The van der Waals surface area contributed by atoms with E-state index in [9.17, 15) is 14.4 Å². The second-order valence-corrected chi connectivity index (χ2v) is 9.18. The van der Waals surface area contributed by atoms with E-state index < -0.39 is 11.3 Å². The number of hydrogen-bond acceptors (Lipinski definition) is 5. The van der Waals surface area contributed by atoms with Gasteiger partial charge in [0.15, 0.2) is 5.16 Å². The average molecular weight is 415 g/mol. The maximum absolute atomic E-state index is 13.3. The van der Waals surface area contributed by atoms with E-state index in [2.05, 4.69) is 10.6 Å². The Morgan fingerprint density at radius 2 is 1.86 bits per heavy atom. The van der Waals surface area contributed by atoms with Gasteiger partial charge in [-0.15, -0.1) is 0 Å². The summed E-state index contributed by atoms with van der Waals surface area (Å²) in [5.74, 6) is -0.384. The maximum Gasteiger partial charge on any atom is 0.321 e. The van der Waals surface area contributed by atoms with Gasteiger partial charge in [0, 0.05) is 12.1 Å². The zero-order valence-electron chi connectivity index (χ0n) is 16.5. The Labute approximate surface area is 173 Å². The van der Waals surface area contributed by atoms with Gasteiger partial charge < -0.3 is 5.32 Å². The minimum Gasteiger partial charge on any atom is -0.335 e. The molecule has 154 valence electrons. The summed E-state index contributed by atoms with van der Waals surface area (Å²) in [6.07, 6.45) is 7.16. The molecule has 2 fully saturated rings. The first-order valence-electron chi connectivity index (χ1n) is 10.3. The summed E-state index contributed by atoms with van der Waals surface area (Å²) >= 11 is 1.24. The second-order valence-electron chi connectivity index (χ2n) is 7.88. The van der Waals surface area contributed by atoms with Crippen LogP contribution in [0, 0.1) is 0 Å². The summed E-state index contributed by atoms with van der Waals surface area (Å²) in [5, 5.41) is 5.74. The smallest absolute Gasteiger partial charge is 0.321 e. The molecule has 1 heterocycles. The number of para-hydroxylation sites is 1. The van der Waals surface area contributed by atoms with E-state index in [1.54, 1.807) is 17.6 Å². The van der Waals surface area contributed by atoms with Gasteiger partial charge in [-0.1, -0.05) is 43.2 Å². The zero-order valence-corrected chi connectivity index (χ0v) is 17.3. The highest BCUT2D eigenvalue weighted by atomic mass is 32.2. The molecule has 1 unspecified atom stereocenters. The van der Waals surface area contributed by atoms with Crippen LogP contribution in [0.4, 0.5) is 4.79 Å². The van der Waals surface area contributed by atoms with Crippen LogP contribution in [0.3, 0.4) is 0 Å². The van der Waals surface area contributed by atoms with Gasteiger partial charge in [-0.25, -0.2) is 9.78 Å². The number of fused-ring (bicyclic) bond motifs is 1. The summed E-state index contributed by atoms with van der Waals surface area (Å²) in [6.45, 7) is 1.73. The number of nitrogens with one attached hydrogen (secondary N) is 2. The predicted molar refractivity (Wildman–Crippen MR) is 113 cm³/mol. The lowest BCUT2D eigenvalue weighted by molar-refractivity contribution is -0.119. The van der Waals surface area contributed by atoms with Crippen LogP contribution in [0.15, 0.2) is 34.2 Å². The topological polar surface area (TPSA) is 93.1 Å². The van der Waals surface area contributed by atoms with Gasteiger partial charge in [-0.2, -0.15) is 0 Å². The summed E-state index contributed by atoms with van der Waals surface area (Å²) in [6, 6.07) is 7.15. The molecule has 2 aliphatic carbocycles. The Morgan fingerprint density at radius 3 is 2.59 bits per heavy atom. The molecule has 0 saturated heterocycles. The fourth-order valence-electron chi connectivity index (χ4n) is 3.74. The molecule has 7 nitrogen and oxygen atoms in total. The number of imide groups is 1. The Bertz CT molecular complexity index is 980. The van der Waals surface area contributed by atoms with Gasteiger partial charge in [-0.3, -0.25) is 19.5 Å². The van der Waals surface area contributed by atoms with Crippen molar-refractivity contribution in [3.05, 3.63) is 34.6 Å². The van der Waals surface area contributed by atoms with Gasteiger partial charge >= 0.3 is 6.03 Å². The fraction of sp³-hybridized carbons (Fsp3) is 0.524. The normalized spacial score (nSPS) is 18.4. The molecule has 3 amide bonds. The number of nitrogens with zero attached hydrogens (tertiary/aromatic N) is 2. The highest BCUT2D eigenvalue weighted by Crippen LogP contribution is 2.32. The molecule has 0 radical (unpaired) electrons. The number of rotatable bonds is 5. The first kappa shape index (κ1) is 19.9. The predicted octanol–water partition coefficient (Wildman–Crippen LogP) is 3.37.